The minimum atomic E-state index is -0.250. The van der Waals surface area contributed by atoms with Crippen LogP contribution in [0.1, 0.15) is 32.1 Å². The number of carbonyl (C=O) groups excluding carboxylic acids is 1. The Bertz CT molecular complexity index is 442. The molecule has 0 radical (unpaired) electrons. The Balaban J connectivity index is 1.83. The summed E-state index contributed by atoms with van der Waals surface area (Å²) in [6.45, 7) is 0.000269. The third-order valence-corrected chi connectivity index (χ3v) is 4.42. The maximum Gasteiger partial charge on any atom is 0.258 e. The summed E-state index contributed by atoms with van der Waals surface area (Å²) < 4.78 is 5.44. The molecule has 110 valence electrons. The molecular weight excluding hydrogens is 297 g/mol. The first kappa shape index (κ1) is 15.5. The molecule has 1 amide bonds. The van der Waals surface area contributed by atoms with Crippen molar-refractivity contribution in [3.05, 3.63) is 29.3 Å². The second kappa shape index (κ2) is 7.19. The van der Waals surface area contributed by atoms with Crippen molar-refractivity contribution in [2.45, 2.75) is 37.6 Å². The number of alkyl halides is 1. The molecule has 5 heteroatoms. The lowest BCUT2D eigenvalue weighted by Gasteiger charge is -2.36. The minimum absolute atomic E-state index is 0.000269. The average molecular weight is 316 g/mol. The van der Waals surface area contributed by atoms with Crippen LogP contribution in [0.5, 0.6) is 5.75 Å². The number of halogens is 2. The zero-order valence-corrected chi connectivity index (χ0v) is 12.8. The lowest BCUT2D eigenvalue weighted by molar-refractivity contribution is -0.125. The van der Waals surface area contributed by atoms with Crippen LogP contribution in [0.15, 0.2) is 24.3 Å². The van der Waals surface area contributed by atoms with Gasteiger partial charge in [0.15, 0.2) is 6.61 Å². The van der Waals surface area contributed by atoms with E-state index in [1.807, 2.05) is 0 Å². The van der Waals surface area contributed by atoms with Crippen LogP contribution >= 0.6 is 23.2 Å². The fourth-order valence-electron chi connectivity index (χ4n) is 2.53. The van der Waals surface area contributed by atoms with Gasteiger partial charge in [0.2, 0.25) is 0 Å². The van der Waals surface area contributed by atoms with E-state index < -0.39 is 0 Å². The first-order chi connectivity index (χ1) is 9.63. The fourth-order valence-corrected chi connectivity index (χ4v) is 2.99. The lowest BCUT2D eigenvalue weighted by atomic mass is 9.83. The fraction of sp³-hybridized carbons (Fsp3) is 0.533. The molecule has 2 rings (SSSR count). The largest absolute Gasteiger partial charge is 0.484 e. The van der Waals surface area contributed by atoms with Gasteiger partial charge in [-0.15, -0.1) is 11.6 Å². The van der Waals surface area contributed by atoms with Crippen molar-refractivity contribution in [3.63, 3.8) is 0 Å². The van der Waals surface area contributed by atoms with Crippen molar-refractivity contribution in [3.8, 4) is 5.75 Å². The van der Waals surface area contributed by atoms with Crippen molar-refractivity contribution in [1.29, 1.82) is 0 Å². The van der Waals surface area contributed by atoms with Gasteiger partial charge in [0, 0.05) is 10.9 Å². The predicted octanol–water partition coefficient (Wildman–Crippen LogP) is 3.78. The van der Waals surface area contributed by atoms with Gasteiger partial charge in [-0.05, 0) is 37.1 Å². The highest BCUT2D eigenvalue weighted by atomic mass is 35.5. The third-order valence-electron chi connectivity index (χ3n) is 3.65. The second-order valence-corrected chi connectivity index (χ2v) is 5.97. The first-order valence-electron chi connectivity index (χ1n) is 6.89. The monoisotopic (exact) mass is 315 g/mol. The number of carbonyl (C=O) groups is 1. The highest BCUT2D eigenvalue weighted by Gasteiger charge is 2.32. The van der Waals surface area contributed by atoms with Crippen molar-refractivity contribution < 1.29 is 9.53 Å². The number of rotatable bonds is 5. The number of hydrogen-bond acceptors (Lipinski definition) is 2. The summed E-state index contributed by atoms with van der Waals surface area (Å²) in [5.74, 6) is 0.968. The Morgan fingerprint density at radius 2 is 1.85 bits per heavy atom. The van der Waals surface area contributed by atoms with E-state index in [0.29, 0.717) is 16.7 Å². The molecule has 0 aromatic heterocycles. The maximum absolute atomic E-state index is 12.0. The van der Waals surface area contributed by atoms with Crippen LogP contribution in [-0.2, 0) is 4.79 Å². The van der Waals surface area contributed by atoms with E-state index in [-0.39, 0.29) is 18.1 Å². The molecule has 1 aliphatic carbocycles. The normalized spacial score (nSPS) is 17.5. The summed E-state index contributed by atoms with van der Waals surface area (Å²) in [6, 6.07) is 6.95. The molecule has 20 heavy (non-hydrogen) atoms. The van der Waals surface area contributed by atoms with Gasteiger partial charge in [-0.2, -0.15) is 0 Å². The van der Waals surface area contributed by atoms with Crippen molar-refractivity contribution >= 4 is 29.1 Å². The molecule has 0 atom stereocenters. The van der Waals surface area contributed by atoms with Crippen LogP contribution in [0, 0.1) is 0 Å². The molecule has 0 bridgehead atoms. The Kier molecular flexibility index (Phi) is 5.55. The zero-order chi connectivity index (χ0) is 14.4. The molecule has 1 N–H and O–H groups in total. The van der Waals surface area contributed by atoms with E-state index in [1.165, 1.54) is 6.42 Å². The summed E-state index contributed by atoms with van der Waals surface area (Å²) in [6.07, 6.45) is 5.35. The highest BCUT2D eigenvalue weighted by molar-refractivity contribution is 6.30. The van der Waals surface area contributed by atoms with Crippen LogP contribution in [0.25, 0.3) is 0 Å². The van der Waals surface area contributed by atoms with E-state index in [4.69, 9.17) is 27.9 Å². The topological polar surface area (TPSA) is 38.3 Å². The lowest BCUT2D eigenvalue weighted by Crippen LogP contribution is -2.52. The summed E-state index contributed by atoms with van der Waals surface area (Å²) in [5, 5.41) is 3.69. The minimum Gasteiger partial charge on any atom is -0.484 e. The van der Waals surface area contributed by atoms with E-state index in [0.717, 1.165) is 25.7 Å². The SMILES string of the molecule is O=C(COc1ccc(Cl)cc1)NC1(CCl)CCCCC1. The van der Waals surface area contributed by atoms with Gasteiger partial charge in [-0.3, -0.25) is 4.79 Å². The standard InChI is InChI=1S/C15H19Cl2NO2/c16-11-15(8-2-1-3-9-15)18-14(19)10-20-13-6-4-12(17)5-7-13/h4-7H,1-3,8-11H2,(H,18,19). The van der Waals surface area contributed by atoms with Gasteiger partial charge < -0.3 is 10.1 Å². The average Bonchev–Trinajstić information content (AvgIpc) is 2.47. The number of ether oxygens (including phenoxy) is 1. The Morgan fingerprint density at radius 1 is 1.20 bits per heavy atom. The molecule has 1 saturated carbocycles. The Morgan fingerprint density at radius 3 is 2.45 bits per heavy atom. The molecule has 1 aromatic carbocycles. The Labute approximate surface area is 129 Å². The van der Waals surface area contributed by atoms with Crippen LogP contribution < -0.4 is 10.1 Å². The molecule has 0 aliphatic heterocycles. The summed E-state index contributed by atoms with van der Waals surface area (Å²) in [7, 11) is 0. The summed E-state index contributed by atoms with van der Waals surface area (Å²) in [5.41, 5.74) is -0.250. The third kappa shape index (κ3) is 4.29. The molecule has 1 aromatic rings. The molecule has 0 heterocycles. The molecule has 0 saturated heterocycles. The summed E-state index contributed by atoms with van der Waals surface area (Å²) in [4.78, 5) is 12.0. The molecule has 3 nitrogen and oxygen atoms in total. The second-order valence-electron chi connectivity index (χ2n) is 5.27. The molecular formula is C15H19Cl2NO2. The molecule has 0 spiro atoms. The van der Waals surface area contributed by atoms with Gasteiger partial charge in [-0.25, -0.2) is 0 Å². The van der Waals surface area contributed by atoms with Crippen LogP contribution in [0.2, 0.25) is 5.02 Å². The summed E-state index contributed by atoms with van der Waals surface area (Å²) >= 11 is 11.8. The molecule has 1 fully saturated rings. The molecule has 0 unspecified atom stereocenters. The maximum atomic E-state index is 12.0. The van der Waals surface area contributed by atoms with Crippen LogP contribution in [0.4, 0.5) is 0 Å². The van der Waals surface area contributed by atoms with E-state index >= 15 is 0 Å². The first-order valence-corrected chi connectivity index (χ1v) is 7.80. The predicted molar refractivity (Wildman–Crippen MR) is 81.6 cm³/mol. The van der Waals surface area contributed by atoms with Gasteiger partial charge >= 0.3 is 0 Å². The van der Waals surface area contributed by atoms with E-state index in [9.17, 15) is 4.79 Å². The Hall–Kier alpha value is -0.930. The highest BCUT2D eigenvalue weighted by Crippen LogP contribution is 2.29. The van der Waals surface area contributed by atoms with Crippen LogP contribution in [0.3, 0.4) is 0 Å². The van der Waals surface area contributed by atoms with Crippen LogP contribution in [-0.4, -0.2) is 23.9 Å². The molecule has 1 aliphatic rings. The van der Waals surface area contributed by atoms with E-state index in [1.54, 1.807) is 24.3 Å². The quantitative estimate of drug-likeness (QED) is 0.840. The van der Waals surface area contributed by atoms with Gasteiger partial charge in [0.05, 0.1) is 5.54 Å². The van der Waals surface area contributed by atoms with Gasteiger partial charge in [0.1, 0.15) is 5.75 Å². The number of hydrogen-bond donors (Lipinski definition) is 1. The number of benzene rings is 1. The van der Waals surface area contributed by atoms with Crippen molar-refractivity contribution in [1.82, 2.24) is 5.32 Å². The van der Waals surface area contributed by atoms with Gasteiger partial charge in [-0.1, -0.05) is 30.9 Å². The van der Waals surface area contributed by atoms with Crippen molar-refractivity contribution in [2.75, 3.05) is 12.5 Å². The van der Waals surface area contributed by atoms with Gasteiger partial charge in [0.25, 0.3) is 5.91 Å². The number of nitrogens with one attached hydrogen (secondary N) is 1. The van der Waals surface area contributed by atoms with E-state index in [2.05, 4.69) is 5.32 Å². The van der Waals surface area contributed by atoms with Crippen molar-refractivity contribution in [2.24, 2.45) is 0 Å². The smallest absolute Gasteiger partial charge is 0.258 e. The zero-order valence-electron chi connectivity index (χ0n) is 11.3. The number of amides is 1.